The normalized spacial score (nSPS) is 22.7. The number of para-hydroxylation sites is 2. The molecule has 0 spiro atoms. The molecule has 2 aliphatic carbocycles. The van der Waals surface area contributed by atoms with Crippen molar-refractivity contribution < 1.29 is 32.7 Å². The van der Waals surface area contributed by atoms with Crippen molar-refractivity contribution in [2.45, 2.75) is 83.7 Å². The fraction of sp³-hybridized carbons (Fsp3) is 0.333. The second kappa shape index (κ2) is 12.6. The van der Waals surface area contributed by atoms with Gasteiger partial charge in [0.25, 0.3) is 0 Å². The molecular formula is C45H45N4OPt-3. The summed E-state index contributed by atoms with van der Waals surface area (Å²) in [5, 5.41) is 2.17. The van der Waals surface area contributed by atoms with Gasteiger partial charge in [-0.2, -0.15) is 12.7 Å². The van der Waals surface area contributed by atoms with E-state index in [2.05, 4.69) is 106 Å². The number of pyridine rings is 1. The van der Waals surface area contributed by atoms with Crippen molar-refractivity contribution >= 4 is 33.2 Å². The van der Waals surface area contributed by atoms with E-state index < -0.39 is 0 Å². The molecule has 0 amide bonds. The van der Waals surface area contributed by atoms with Crippen molar-refractivity contribution in [3.05, 3.63) is 127 Å². The average Bonchev–Trinajstić information content (AvgIpc) is 3.93. The number of anilines is 2. The van der Waals surface area contributed by atoms with Gasteiger partial charge in [0.2, 0.25) is 0 Å². The molecule has 1 aliphatic heterocycles. The van der Waals surface area contributed by atoms with Gasteiger partial charge in [0, 0.05) is 62.0 Å². The number of fused-ring (bicyclic) bond motifs is 8. The third-order valence-electron chi connectivity index (χ3n) is 11.1. The zero-order valence-corrected chi connectivity index (χ0v) is 32.1. The largest absolute Gasteiger partial charge is 0.519 e. The van der Waals surface area contributed by atoms with Crippen LogP contribution in [0.1, 0.15) is 78.8 Å². The van der Waals surface area contributed by atoms with Crippen LogP contribution >= 0.6 is 0 Å². The molecule has 2 bridgehead atoms. The van der Waals surface area contributed by atoms with Gasteiger partial charge in [-0.1, -0.05) is 83.4 Å². The van der Waals surface area contributed by atoms with Crippen LogP contribution in [-0.4, -0.2) is 21.6 Å². The molecule has 5 nitrogen and oxygen atoms in total. The van der Waals surface area contributed by atoms with E-state index in [1.165, 1.54) is 5.56 Å². The van der Waals surface area contributed by atoms with Gasteiger partial charge >= 0.3 is 0 Å². The van der Waals surface area contributed by atoms with Gasteiger partial charge in [0.1, 0.15) is 5.82 Å². The van der Waals surface area contributed by atoms with E-state index in [-0.39, 0.29) is 79.9 Å². The Hall–Kier alpha value is -4.08. The van der Waals surface area contributed by atoms with Crippen LogP contribution in [0.3, 0.4) is 0 Å². The van der Waals surface area contributed by atoms with Crippen LogP contribution in [0, 0.1) is 30.6 Å². The third-order valence-corrected chi connectivity index (χ3v) is 11.1. The molecule has 0 radical (unpaired) electrons. The van der Waals surface area contributed by atoms with Crippen LogP contribution in [0.5, 0.6) is 11.5 Å². The summed E-state index contributed by atoms with van der Waals surface area (Å²) < 4.78 is 51.6. The van der Waals surface area contributed by atoms with Crippen molar-refractivity contribution in [1.29, 1.82) is 0 Å². The van der Waals surface area contributed by atoms with Gasteiger partial charge in [0.15, 0.2) is 0 Å². The Bertz CT molecular complexity index is 2490. The molecule has 6 aromatic rings. The Labute approximate surface area is 323 Å². The summed E-state index contributed by atoms with van der Waals surface area (Å²) in [5.74, 6) is 2.72. The van der Waals surface area contributed by atoms with Gasteiger partial charge < -0.3 is 19.1 Å². The van der Waals surface area contributed by atoms with Gasteiger partial charge in [-0.3, -0.25) is 0 Å². The van der Waals surface area contributed by atoms with Gasteiger partial charge in [-0.25, -0.2) is 4.98 Å². The first kappa shape index (κ1) is 28.5. The fourth-order valence-electron chi connectivity index (χ4n) is 8.56. The van der Waals surface area contributed by atoms with Crippen molar-refractivity contribution in [2.75, 3.05) is 9.80 Å². The average molecular weight is 858 g/mol. The summed E-state index contributed by atoms with van der Waals surface area (Å²) in [5.41, 5.74) is 4.99. The maximum absolute atomic E-state index is 8.84. The topological polar surface area (TPSA) is 33.5 Å². The van der Waals surface area contributed by atoms with E-state index in [4.69, 9.17) is 16.6 Å². The number of aromatic nitrogens is 2. The van der Waals surface area contributed by atoms with E-state index in [1.54, 1.807) is 0 Å². The Morgan fingerprint density at radius 3 is 2.25 bits per heavy atom. The SMILES string of the molecule is [2H]c1c([2H])c([2H])c(N2[CH-]N(c3[c-]c(Oc4[c-]c5c(cc4)c4ccccc4n5-c4cc(C(C)(C)C)ccn4)cc(C(C)(C)C)c3)[C@@H]3C2C2CC[C@@H]3C2)c([2H])c1[2H].[Pt]. The maximum Gasteiger partial charge on any atom is 0.135 e. The molecule has 4 aromatic carbocycles. The maximum atomic E-state index is 8.84. The second-order valence-electron chi connectivity index (χ2n) is 16.3. The Kier molecular flexibility index (Phi) is 7.01. The van der Waals surface area contributed by atoms with E-state index in [0.29, 0.717) is 23.3 Å². The molecule has 2 unspecified atom stereocenters. The Morgan fingerprint density at radius 1 is 0.784 bits per heavy atom. The van der Waals surface area contributed by atoms with Crippen molar-refractivity contribution in [2.24, 2.45) is 11.8 Å². The number of ether oxygens (including phenoxy) is 1. The van der Waals surface area contributed by atoms with Gasteiger partial charge in [0.05, 0.1) is 6.85 Å². The zero-order valence-electron chi connectivity index (χ0n) is 34.9. The Balaban J connectivity index is 0.00000441. The molecule has 2 aromatic heterocycles. The molecule has 51 heavy (non-hydrogen) atoms. The minimum Gasteiger partial charge on any atom is -0.519 e. The summed E-state index contributed by atoms with van der Waals surface area (Å²) in [6, 6.07) is 26.8. The van der Waals surface area contributed by atoms with Crippen molar-refractivity contribution in [3.63, 3.8) is 0 Å². The molecule has 3 fully saturated rings. The van der Waals surface area contributed by atoms with Gasteiger partial charge in [-0.15, -0.1) is 47.0 Å². The monoisotopic (exact) mass is 857 g/mol. The predicted molar refractivity (Wildman–Crippen MR) is 204 cm³/mol. The van der Waals surface area contributed by atoms with Crippen LogP contribution in [0.15, 0.2) is 97.1 Å². The number of nitrogens with zero attached hydrogens (tertiary/aromatic N) is 4. The fourth-order valence-corrected chi connectivity index (χ4v) is 8.56. The number of hydrogen-bond donors (Lipinski definition) is 0. The van der Waals surface area contributed by atoms with E-state index >= 15 is 0 Å². The molecular weight excluding hydrogens is 808 g/mol. The van der Waals surface area contributed by atoms with Gasteiger partial charge in [-0.05, 0) is 83.2 Å². The first-order valence-electron chi connectivity index (χ1n) is 20.3. The Morgan fingerprint density at radius 2 is 1.51 bits per heavy atom. The molecule has 0 N–H and O–H groups in total. The standard InChI is InChI=1S/C45H45N4O.Pt/c1-44(2,3)31-20-21-46-41(25-31)49-39-15-11-10-14-37(39)38-19-18-35(27-40(38)49)50-36-24-32(45(4,5)6)23-34(26-36)48-28-47(33-12-8-7-9-13-33)42-29-16-17-30(22-29)43(42)48;/h7-15,18-21,23-25,28-30,42-43H,16-17,22H2,1-6H3;/q-3;/t29?,30-,42?,43+;/m1./s1/i7D,8D,9D,12D,13D;. The summed E-state index contributed by atoms with van der Waals surface area (Å²) in [6.45, 7) is 15.1. The molecule has 3 heterocycles. The second-order valence-corrected chi connectivity index (χ2v) is 16.3. The molecule has 4 atom stereocenters. The summed E-state index contributed by atoms with van der Waals surface area (Å²) >= 11 is 0. The predicted octanol–water partition coefficient (Wildman–Crippen LogP) is 10.8. The number of benzene rings is 4. The van der Waals surface area contributed by atoms with Crippen LogP contribution < -0.4 is 14.5 Å². The third kappa shape index (κ3) is 5.86. The smallest absolute Gasteiger partial charge is 0.135 e. The van der Waals surface area contributed by atoms with Crippen LogP contribution in [-0.2, 0) is 31.9 Å². The number of rotatable bonds is 5. The van der Waals surface area contributed by atoms with Crippen molar-refractivity contribution in [3.8, 4) is 17.3 Å². The minimum atomic E-state index is -0.377. The minimum absolute atomic E-state index is 0. The van der Waals surface area contributed by atoms with E-state index in [0.717, 1.165) is 58.1 Å². The van der Waals surface area contributed by atoms with Crippen molar-refractivity contribution in [1.82, 2.24) is 9.55 Å². The molecule has 264 valence electrons. The van der Waals surface area contributed by atoms with Crippen LogP contribution in [0.4, 0.5) is 11.4 Å². The van der Waals surface area contributed by atoms with Crippen LogP contribution in [0.25, 0.3) is 27.6 Å². The van der Waals surface area contributed by atoms with E-state index in [1.807, 2.05) is 36.0 Å². The first-order chi connectivity index (χ1) is 26.1. The summed E-state index contributed by atoms with van der Waals surface area (Å²) in [6.07, 6.45) is 5.09. The number of hydrogen-bond acceptors (Lipinski definition) is 4. The zero-order chi connectivity index (χ0) is 38.7. The summed E-state index contributed by atoms with van der Waals surface area (Å²) in [7, 11) is 0. The summed E-state index contributed by atoms with van der Waals surface area (Å²) in [4.78, 5) is 9.03. The molecule has 3 aliphatic rings. The molecule has 9 rings (SSSR count). The molecule has 1 saturated heterocycles. The molecule has 2 saturated carbocycles. The first-order valence-corrected chi connectivity index (χ1v) is 17.8. The van der Waals surface area contributed by atoms with E-state index in [9.17, 15) is 0 Å². The quantitative estimate of drug-likeness (QED) is 0.162. The van der Waals surface area contributed by atoms with Crippen LogP contribution in [0.2, 0.25) is 0 Å². The molecule has 6 heteroatoms.